The van der Waals surface area contributed by atoms with E-state index in [9.17, 15) is 18.7 Å². The minimum Gasteiger partial charge on any atom is -0.510 e. The quantitative estimate of drug-likeness (QED) is 0.385. The molecule has 1 aromatic rings. The topological polar surface area (TPSA) is 61.1 Å². The summed E-state index contributed by atoms with van der Waals surface area (Å²) in [5.41, 5.74) is -1.45. The second kappa shape index (κ2) is 5.19. The molecule has 0 aliphatic carbocycles. The zero-order valence-electron chi connectivity index (χ0n) is 10.8. The Kier molecular flexibility index (Phi) is 4.05. The minimum atomic E-state index is -1.18. The van der Waals surface area contributed by atoms with Crippen molar-refractivity contribution in [1.29, 1.82) is 5.26 Å². The number of ketones is 1. The van der Waals surface area contributed by atoms with Crippen LogP contribution < -0.4 is 0 Å². The van der Waals surface area contributed by atoms with Crippen LogP contribution in [0.25, 0.3) is 0 Å². The van der Waals surface area contributed by atoms with E-state index in [1.54, 1.807) is 26.8 Å². The summed E-state index contributed by atoms with van der Waals surface area (Å²) in [6.07, 6.45) is 0. The lowest BCUT2D eigenvalue weighted by Crippen LogP contribution is -2.16. The average Bonchev–Trinajstić information content (AvgIpc) is 2.32. The molecule has 1 aromatic carbocycles. The highest BCUT2D eigenvalue weighted by atomic mass is 19.2. The summed E-state index contributed by atoms with van der Waals surface area (Å²) in [5.74, 6) is -3.49. The van der Waals surface area contributed by atoms with Crippen molar-refractivity contribution in [2.75, 3.05) is 0 Å². The summed E-state index contributed by atoms with van der Waals surface area (Å²) in [6.45, 7) is 4.87. The van der Waals surface area contributed by atoms with E-state index in [0.717, 1.165) is 12.1 Å². The molecular weight excluding hydrogens is 252 g/mol. The summed E-state index contributed by atoms with van der Waals surface area (Å²) < 4.78 is 25.8. The van der Waals surface area contributed by atoms with Gasteiger partial charge in [-0.3, -0.25) is 4.79 Å². The van der Waals surface area contributed by atoms with Crippen LogP contribution in [0.15, 0.2) is 29.5 Å². The number of aliphatic hydroxyl groups excluding tert-OH is 1. The highest BCUT2D eigenvalue weighted by molar-refractivity contribution is 6.11. The molecule has 0 saturated heterocycles. The molecule has 19 heavy (non-hydrogen) atoms. The van der Waals surface area contributed by atoms with E-state index >= 15 is 0 Å². The number of carbonyl (C=O) groups excluding carboxylic acids is 1. The molecule has 0 atom stereocenters. The lowest BCUT2D eigenvalue weighted by Gasteiger charge is -2.18. The number of halogens is 2. The van der Waals surface area contributed by atoms with Gasteiger partial charge in [0.15, 0.2) is 11.6 Å². The maximum atomic E-state index is 13.1. The largest absolute Gasteiger partial charge is 0.510 e. The monoisotopic (exact) mass is 265 g/mol. The molecule has 1 N–H and O–H groups in total. The van der Waals surface area contributed by atoms with Gasteiger partial charge in [0.25, 0.3) is 0 Å². The average molecular weight is 265 g/mol. The van der Waals surface area contributed by atoms with E-state index in [1.165, 1.54) is 0 Å². The highest BCUT2D eigenvalue weighted by Gasteiger charge is 2.26. The maximum Gasteiger partial charge on any atom is 0.207 e. The lowest BCUT2D eigenvalue weighted by molar-refractivity contribution is 0.102. The first-order valence-electron chi connectivity index (χ1n) is 5.52. The fourth-order valence-electron chi connectivity index (χ4n) is 1.37. The number of rotatable bonds is 2. The van der Waals surface area contributed by atoms with Gasteiger partial charge in [0.1, 0.15) is 17.4 Å². The third-order valence-electron chi connectivity index (χ3n) is 2.47. The Bertz CT molecular complexity index is 592. The van der Waals surface area contributed by atoms with Gasteiger partial charge in [0.05, 0.1) is 0 Å². The van der Waals surface area contributed by atoms with E-state index in [-0.39, 0.29) is 11.3 Å². The molecule has 0 fully saturated rings. The number of nitriles is 1. The van der Waals surface area contributed by atoms with Gasteiger partial charge in [-0.15, -0.1) is 0 Å². The van der Waals surface area contributed by atoms with Crippen LogP contribution in [0.1, 0.15) is 31.1 Å². The fraction of sp³-hybridized carbons (Fsp3) is 0.286. The second-order valence-electron chi connectivity index (χ2n) is 5.04. The molecule has 5 heteroatoms. The maximum absolute atomic E-state index is 13.1. The standard InChI is InChI=1S/C14H13F2NO2/c1-14(2,3)13(19)9(7-17)12(18)8-4-5-10(15)11(16)6-8/h4-6,19H,1-3H3. The van der Waals surface area contributed by atoms with Gasteiger partial charge in [-0.1, -0.05) is 20.8 Å². The molecule has 1 rings (SSSR count). The number of hydrogen-bond donors (Lipinski definition) is 1. The molecule has 100 valence electrons. The third kappa shape index (κ3) is 3.16. The van der Waals surface area contributed by atoms with Crippen molar-refractivity contribution in [3.8, 4) is 6.07 Å². The highest BCUT2D eigenvalue weighted by Crippen LogP contribution is 2.27. The molecule has 0 radical (unpaired) electrons. The molecule has 0 aliphatic rings. The molecule has 0 heterocycles. The minimum absolute atomic E-state index is 0.189. The van der Waals surface area contributed by atoms with Crippen molar-refractivity contribution in [3.05, 3.63) is 46.7 Å². The van der Waals surface area contributed by atoms with Crippen molar-refractivity contribution in [2.45, 2.75) is 20.8 Å². The van der Waals surface area contributed by atoms with Gasteiger partial charge in [-0.25, -0.2) is 8.78 Å². The molecule has 3 nitrogen and oxygen atoms in total. The summed E-state index contributed by atoms with van der Waals surface area (Å²) in [4.78, 5) is 12.0. The van der Waals surface area contributed by atoms with Crippen LogP contribution in [0.3, 0.4) is 0 Å². The Balaban J connectivity index is 3.32. The SMILES string of the molecule is CC(C)(C)C(O)=C(C#N)C(=O)c1ccc(F)c(F)c1. The van der Waals surface area contributed by atoms with Crippen LogP contribution >= 0.6 is 0 Å². The number of Topliss-reactive ketones (excluding diaryl/α,β-unsaturated/α-hetero) is 1. The van der Waals surface area contributed by atoms with Crippen molar-refractivity contribution >= 4 is 5.78 Å². The van der Waals surface area contributed by atoms with Crippen LogP contribution in [0.4, 0.5) is 8.78 Å². The van der Waals surface area contributed by atoms with Crippen molar-refractivity contribution in [1.82, 2.24) is 0 Å². The molecule has 0 aromatic heterocycles. The van der Waals surface area contributed by atoms with Gasteiger partial charge in [-0.05, 0) is 18.2 Å². The summed E-state index contributed by atoms with van der Waals surface area (Å²) >= 11 is 0. The Morgan fingerprint density at radius 3 is 2.26 bits per heavy atom. The first kappa shape index (κ1) is 14.8. The first-order valence-corrected chi connectivity index (χ1v) is 5.52. The zero-order chi connectivity index (χ0) is 14.8. The number of hydrogen-bond acceptors (Lipinski definition) is 3. The molecular formula is C14H13F2NO2. The van der Waals surface area contributed by atoms with E-state index in [1.807, 2.05) is 0 Å². The molecule has 0 amide bonds. The fourth-order valence-corrected chi connectivity index (χ4v) is 1.37. The summed E-state index contributed by atoms with van der Waals surface area (Å²) in [5, 5.41) is 18.8. The van der Waals surface area contributed by atoms with Crippen LogP contribution in [0, 0.1) is 28.4 Å². The third-order valence-corrected chi connectivity index (χ3v) is 2.47. The molecule has 0 saturated carbocycles. The van der Waals surface area contributed by atoms with Gasteiger partial charge in [0, 0.05) is 11.0 Å². The smallest absolute Gasteiger partial charge is 0.207 e. The lowest BCUT2D eigenvalue weighted by atomic mass is 9.88. The van der Waals surface area contributed by atoms with Crippen molar-refractivity contribution in [3.63, 3.8) is 0 Å². The molecule has 0 unspecified atom stereocenters. The van der Waals surface area contributed by atoms with E-state index in [2.05, 4.69) is 0 Å². The van der Waals surface area contributed by atoms with Gasteiger partial charge in [-0.2, -0.15) is 5.26 Å². The van der Waals surface area contributed by atoms with Gasteiger partial charge in [0.2, 0.25) is 5.78 Å². The van der Waals surface area contributed by atoms with Crippen LogP contribution in [-0.4, -0.2) is 10.9 Å². The Hall–Kier alpha value is -2.22. The molecule has 0 bridgehead atoms. The Morgan fingerprint density at radius 1 is 1.26 bits per heavy atom. The predicted molar refractivity (Wildman–Crippen MR) is 65.4 cm³/mol. The zero-order valence-corrected chi connectivity index (χ0v) is 10.8. The number of aliphatic hydroxyl groups is 1. The van der Waals surface area contributed by atoms with Gasteiger partial charge >= 0.3 is 0 Å². The number of nitrogens with zero attached hydrogens (tertiary/aromatic N) is 1. The van der Waals surface area contributed by atoms with Crippen LogP contribution in [0.5, 0.6) is 0 Å². The summed E-state index contributed by atoms with van der Waals surface area (Å²) in [6, 6.07) is 4.16. The van der Waals surface area contributed by atoms with Gasteiger partial charge < -0.3 is 5.11 Å². The predicted octanol–water partition coefficient (Wildman–Crippen LogP) is 3.53. The van der Waals surface area contributed by atoms with Crippen LogP contribution in [0.2, 0.25) is 0 Å². The number of benzene rings is 1. The Labute approximate surface area is 109 Å². The number of carbonyl (C=O) groups is 1. The van der Waals surface area contributed by atoms with E-state index < -0.39 is 28.4 Å². The van der Waals surface area contributed by atoms with E-state index in [4.69, 9.17) is 5.26 Å². The first-order chi connectivity index (χ1) is 8.68. The normalized spacial score (nSPS) is 12.6. The van der Waals surface area contributed by atoms with Crippen molar-refractivity contribution in [2.24, 2.45) is 5.41 Å². The second-order valence-corrected chi connectivity index (χ2v) is 5.04. The molecule has 0 spiro atoms. The van der Waals surface area contributed by atoms with Crippen molar-refractivity contribution < 1.29 is 18.7 Å². The summed E-state index contributed by atoms with van der Waals surface area (Å²) in [7, 11) is 0. The van der Waals surface area contributed by atoms with E-state index in [0.29, 0.717) is 6.07 Å². The molecule has 0 aliphatic heterocycles. The van der Waals surface area contributed by atoms with Crippen LogP contribution in [-0.2, 0) is 0 Å². The Morgan fingerprint density at radius 2 is 1.84 bits per heavy atom. The number of allylic oxidation sites excluding steroid dienone is 2.